The maximum Gasteiger partial charge on any atom is 0.323 e. The zero-order chi connectivity index (χ0) is 24.3. The number of aliphatic carboxylic acids is 1. The molecule has 0 aliphatic carbocycles. The number of halogens is 2. The minimum Gasteiger partial charge on any atom is -0.481 e. The van der Waals surface area contributed by atoms with E-state index in [0.29, 0.717) is 0 Å². The van der Waals surface area contributed by atoms with Crippen LogP contribution in [-0.4, -0.2) is 53.3 Å². The summed E-state index contributed by atoms with van der Waals surface area (Å²) in [6.07, 6.45) is 0.972. The summed E-state index contributed by atoms with van der Waals surface area (Å²) in [6, 6.07) is 6.22. The van der Waals surface area contributed by atoms with Gasteiger partial charge in [0, 0.05) is 36.6 Å². The second-order valence-electron chi connectivity index (χ2n) is 7.45. The third kappa shape index (κ3) is 5.05. The lowest BCUT2D eigenvalue weighted by molar-refractivity contribution is -0.137. The minimum absolute atomic E-state index is 0.0683. The number of urea groups is 1. The van der Waals surface area contributed by atoms with Gasteiger partial charge in [-0.15, -0.1) is 0 Å². The second-order valence-corrected chi connectivity index (χ2v) is 7.45. The smallest absolute Gasteiger partial charge is 0.323 e. The average molecular weight is 457 g/mol. The number of amides is 3. The van der Waals surface area contributed by atoms with Crippen LogP contribution in [0.2, 0.25) is 0 Å². The minimum atomic E-state index is -1.56. The molecule has 2 aromatic rings. The number of carboxylic acid groups (broad SMARTS) is 1. The molecule has 1 aliphatic rings. The van der Waals surface area contributed by atoms with Gasteiger partial charge in [-0.25, -0.2) is 13.6 Å². The van der Waals surface area contributed by atoms with Gasteiger partial charge in [0.2, 0.25) is 0 Å². The summed E-state index contributed by atoms with van der Waals surface area (Å²) in [5, 5.41) is 11.2. The number of Topliss-reactive ketones (excluding diaryl/α,β-unsaturated/α-hetero) is 1. The fourth-order valence-electron chi connectivity index (χ4n) is 3.45. The highest BCUT2D eigenvalue weighted by Crippen LogP contribution is 2.30. The predicted molar refractivity (Wildman–Crippen MR) is 115 cm³/mol. The van der Waals surface area contributed by atoms with Crippen molar-refractivity contribution in [3.8, 4) is 11.1 Å². The molecule has 2 aromatic carbocycles. The number of hydrogen-bond donors (Lipinski definition) is 2. The van der Waals surface area contributed by atoms with Crippen LogP contribution in [0.1, 0.15) is 13.3 Å². The molecule has 172 valence electrons. The van der Waals surface area contributed by atoms with Gasteiger partial charge >= 0.3 is 12.0 Å². The van der Waals surface area contributed by atoms with Crippen LogP contribution in [0, 0.1) is 11.6 Å². The van der Waals surface area contributed by atoms with Gasteiger partial charge in [-0.1, -0.05) is 12.1 Å². The molecule has 0 saturated carbocycles. The summed E-state index contributed by atoms with van der Waals surface area (Å²) in [7, 11) is 1.43. The van der Waals surface area contributed by atoms with Crippen molar-refractivity contribution in [2.75, 3.05) is 18.5 Å². The summed E-state index contributed by atoms with van der Waals surface area (Å²) in [6.45, 7) is 1.25. The van der Waals surface area contributed by atoms with Crippen molar-refractivity contribution in [2.24, 2.45) is 0 Å². The standard InChI is InChI=1S/C23H21F2N3O5/c1-13-12-27(2)22(32)20(21(13)31)28(23(33)26-9-8-19(29)30)16-5-3-4-14(10-16)17-11-15(24)6-7-18(17)25/h3-7,10-12,20H,8-9H2,1-2H3,(H,26,33)(H,29,30)/t20-/m0/s1. The SMILES string of the molecule is CC1=CN(C)C(=O)[C@@H](N(C(=O)NCCC(=O)O)c2cccc(-c3cc(F)ccc3F)c2)C1=O. The molecule has 0 spiro atoms. The number of likely N-dealkylation sites (N-methyl/N-ethyl adjacent to an activating group) is 1. The normalized spacial score (nSPS) is 15.8. The molecule has 0 saturated heterocycles. The number of anilines is 1. The molecule has 0 aromatic heterocycles. The Morgan fingerprint density at radius 1 is 1.15 bits per heavy atom. The summed E-state index contributed by atoms with van der Waals surface area (Å²) in [5.74, 6) is -3.81. The van der Waals surface area contributed by atoms with Gasteiger partial charge in [0.25, 0.3) is 5.91 Å². The van der Waals surface area contributed by atoms with Gasteiger partial charge in [0.1, 0.15) is 11.6 Å². The number of ketones is 1. The fraction of sp³-hybridized carbons (Fsp3) is 0.217. The Hall–Kier alpha value is -4.08. The summed E-state index contributed by atoms with van der Waals surface area (Å²) >= 11 is 0. The van der Waals surface area contributed by atoms with E-state index in [-0.39, 0.29) is 35.4 Å². The Kier molecular flexibility index (Phi) is 6.86. The molecule has 1 aliphatic heterocycles. The molecule has 0 fully saturated rings. The van der Waals surface area contributed by atoms with Crippen LogP contribution in [0.5, 0.6) is 0 Å². The van der Waals surface area contributed by atoms with E-state index < -0.39 is 41.4 Å². The number of hydrogen-bond acceptors (Lipinski definition) is 4. The molecular weight excluding hydrogens is 436 g/mol. The third-order valence-electron chi connectivity index (χ3n) is 5.06. The molecule has 1 atom stereocenters. The Balaban J connectivity index is 2.08. The zero-order valence-electron chi connectivity index (χ0n) is 17.8. The van der Waals surface area contributed by atoms with Gasteiger partial charge in [0.05, 0.1) is 6.42 Å². The topological polar surface area (TPSA) is 107 Å². The molecule has 3 rings (SSSR count). The highest BCUT2D eigenvalue weighted by atomic mass is 19.1. The Morgan fingerprint density at radius 3 is 2.58 bits per heavy atom. The van der Waals surface area contributed by atoms with E-state index in [1.807, 2.05) is 0 Å². The van der Waals surface area contributed by atoms with Crippen LogP contribution < -0.4 is 10.2 Å². The van der Waals surface area contributed by atoms with Crippen LogP contribution in [0.4, 0.5) is 19.3 Å². The van der Waals surface area contributed by atoms with E-state index in [0.717, 1.165) is 23.1 Å². The van der Waals surface area contributed by atoms with Crippen molar-refractivity contribution >= 4 is 29.4 Å². The molecule has 0 bridgehead atoms. The summed E-state index contributed by atoms with van der Waals surface area (Å²) in [4.78, 5) is 51.7. The number of carboxylic acids is 1. The van der Waals surface area contributed by atoms with E-state index in [4.69, 9.17) is 5.11 Å². The van der Waals surface area contributed by atoms with Gasteiger partial charge < -0.3 is 15.3 Å². The molecule has 0 radical (unpaired) electrons. The Bertz CT molecular complexity index is 1160. The van der Waals surface area contributed by atoms with Crippen LogP contribution >= 0.6 is 0 Å². The van der Waals surface area contributed by atoms with Gasteiger partial charge in [-0.2, -0.15) is 0 Å². The van der Waals surface area contributed by atoms with Gasteiger partial charge in [-0.3, -0.25) is 19.3 Å². The van der Waals surface area contributed by atoms with E-state index in [2.05, 4.69) is 5.32 Å². The maximum absolute atomic E-state index is 14.3. The molecule has 0 unspecified atom stereocenters. The molecule has 2 N–H and O–H groups in total. The first kappa shape index (κ1) is 23.6. The zero-order valence-corrected chi connectivity index (χ0v) is 17.8. The molecule has 1 heterocycles. The monoisotopic (exact) mass is 457 g/mol. The molecule has 10 heteroatoms. The molecule has 33 heavy (non-hydrogen) atoms. The lowest BCUT2D eigenvalue weighted by Crippen LogP contribution is -2.58. The van der Waals surface area contributed by atoms with Crippen molar-refractivity contribution in [3.05, 3.63) is 65.9 Å². The summed E-state index contributed by atoms with van der Waals surface area (Å²) in [5.41, 5.74) is 0.443. The van der Waals surface area contributed by atoms with Crippen LogP contribution in [0.25, 0.3) is 11.1 Å². The first-order valence-corrected chi connectivity index (χ1v) is 9.94. The van der Waals surface area contributed by atoms with Crippen LogP contribution in [0.3, 0.4) is 0 Å². The number of carbonyl (C=O) groups excluding carboxylic acids is 3. The molecule has 8 nitrogen and oxygen atoms in total. The number of benzene rings is 2. The fourth-order valence-corrected chi connectivity index (χ4v) is 3.45. The Morgan fingerprint density at radius 2 is 1.88 bits per heavy atom. The number of rotatable bonds is 6. The van der Waals surface area contributed by atoms with Gasteiger partial charge in [-0.05, 0) is 42.8 Å². The lowest BCUT2D eigenvalue weighted by Gasteiger charge is -2.34. The van der Waals surface area contributed by atoms with E-state index in [9.17, 15) is 28.0 Å². The highest BCUT2D eigenvalue weighted by molar-refractivity contribution is 6.21. The van der Waals surface area contributed by atoms with Crippen LogP contribution in [0.15, 0.2) is 54.2 Å². The van der Waals surface area contributed by atoms with Gasteiger partial charge in [0.15, 0.2) is 11.8 Å². The first-order chi connectivity index (χ1) is 15.6. The average Bonchev–Trinajstić information content (AvgIpc) is 2.76. The maximum atomic E-state index is 14.3. The van der Waals surface area contributed by atoms with Crippen LogP contribution in [-0.2, 0) is 14.4 Å². The third-order valence-corrected chi connectivity index (χ3v) is 5.06. The number of nitrogens with zero attached hydrogens (tertiary/aromatic N) is 2. The Labute approximate surface area is 188 Å². The largest absolute Gasteiger partial charge is 0.481 e. The van der Waals surface area contributed by atoms with E-state index in [1.165, 1.54) is 49.3 Å². The lowest BCUT2D eigenvalue weighted by atomic mass is 9.98. The van der Waals surface area contributed by atoms with Crippen molar-refractivity contribution < 1.29 is 33.1 Å². The number of carbonyl (C=O) groups is 4. The first-order valence-electron chi connectivity index (χ1n) is 9.94. The van der Waals surface area contributed by atoms with Crippen molar-refractivity contribution in [1.82, 2.24) is 10.2 Å². The quantitative estimate of drug-likeness (QED) is 0.649. The van der Waals surface area contributed by atoms with E-state index >= 15 is 0 Å². The highest BCUT2D eigenvalue weighted by Gasteiger charge is 2.41. The number of nitrogens with one attached hydrogen (secondary N) is 1. The second kappa shape index (κ2) is 9.60. The molecular formula is C23H21F2N3O5. The van der Waals surface area contributed by atoms with Crippen molar-refractivity contribution in [3.63, 3.8) is 0 Å². The summed E-state index contributed by atoms with van der Waals surface area (Å²) < 4.78 is 28.0. The van der Waals surface area contributed by atoms with Crippen molar-refractivity contribution in [1.29, 1.82) is 0 Å². The predicted octanol–water partition coefficient (Wildman–Crippen LogP) is 2.94. The molecule has 3 amide bonds. The van der Waals surface area contributed by atoms with Crippen molar-refractivity contribution in [2.45, 2.75) is 19.4 Å². The van der Waals surface area contributed by atoms with E-state index in [1.54, 1.807) is 0 Å².